The number of fused-ring (bicyclic) bond motifs is 2. The lowest BCUT2D eigenvalue weighted by Gasteiger charge is -2.55. The predicted octanol–water partition coefficient (Wildman–Crippen LogP) is 6.47. The van der Waals surface area contributed by atoms with E-state index in [1.807, 2.05) is 25.7 Å². The molecule has 4 heterocycles. The normalized spacial score (nSPS) is 22.8. The summed E-state index contributed by atoms with van der Waals surface area (Å²) in [5.41, 5.74) is -1.08. The lowest BCUT2D eigenvalue weighted by atomic mass is 9.57. The minimum Gasteiger partial charge on any atom is -0.495 e. The standard InChI is InChI=1S/C51H51Cl2F2N7O9/c1-50(2,3)32-25-61-43(41(30-8-5-9-33(53)42(30)55)51(26-56,44(32)61)31-13-12-28(52)24-34(31)54)47(66)59-35-14-11-27(23-38(35)69-4)45(64)58-18-20-71-22-21-70-19-17-57-36-10-6-7-29-40(36)49(68)62(48(29)67)37-15-16-39(63)60-46(37)65/h5-14,23-24,32,37,41,43-44,57H,15-22,25H2,1-4H3,(H,58,64)(H,59,66)(H,60,63,65)/t32?,37?,41-,43+,44-,51+/m0/s1. The summed E-state index contributed by atoms with van der Waals surface area (Å²) in [5.74, 6) is -6.32. The lowest BCUT2D eigenvalue weighted by molar-refractivity contribution is -0.136. The molecule has 6 atom stereocenters. The summed E-state index contributed by atoms with van der Waals surface area (Å²) in [7, 11) is 1.37. The van der Waals surface area contributed by atoms with Crippen molar-refractivity contribution in [2.45, 2.75) is 63.1 Å². The number of ether oxygens (including phenoxy) is 3. The number of carbonyl (C=O) groups is 6. The summed E-state index contributed by atoms with van der Waals surface area (Å²) in [6, 6.07) is 17.0. The number of nitrogens with zero attached hydrogens (tertiary/aromatic N) is 3. The average molecular weight is 1010 g/mol. The van der Waals surface area contributed by atoms with E-state index in [-0.39, 0.29) is 108 Å². The van der Waals surface area contributed by atoms with Crippen LogP contribution >= 0.6 is 23.2 Å². The number of hydrogen-bond acceptors (Lipinski definition) is 12. The first kappa shape index (κ1) is 50.9. The van der Waals surface area contributed by atoms with Crippen LogP contribution in [-0.4, -0.2) is 117 Å². The van der Waals surface area contributed by atoms with E-state index in [4.69, 9.17) is 37.4 Å². The number of amides is 6. The zero-order valence-electron chi connectivity index (χ0n) is 39.2. The molecule has 3 fully saturated rings. The highest BCUT2D eigenvalue weighted by atomic mass is 35.5. The minimum absolute atomic E-state index is 0.0131. The van der Waals surface area contributed by atoms with Crippen LogP contribution in [0.3, 0.4) is 0 Å². The molecule has 6 amide bonds. The molecule has 16 nitrogen and oxygen atoms in total. The number of hydrogen-bond donors (Lipinski definition) is 4. The van der Waals surface area contributed by atoms with Crippen molar-refractivity contribution in [2.75, 3.05) is 63.8 Å². The topological polar surface area (TPSA) is 208 Å². The summed E-state index contributed by atoms with van der Waals surface area (Å²) in [5, 5.41) is 22.2. The number of carbonyl (C=O) groups excluding carboxylic acids is 6. The Hall–Kier alpha value is -6.49. The highest BCUT2D eigenvalue weighted by Gasteiger charge is 2.71. The number of nitrogens with one attached hydrogen (secondary N) is 4. The van der Waals surface area contributed by atoms with Gasteiger partial charge in [-0.05, 0) is 71.8 Å². The van der Waals surface area contributed by atoms with E-state index in [9.17, 15) is 34.0 Å². The summed E-state index contributed by atoms with van der Waals surface area (Å²) in [4.78, 5) is 81.2. The van der Waals surface area contributed by atoms with Crippen LogP contribution in [0.15, 0.2) is 72.8 Å². The van der Waals surface area contributed by atoms with Gasteiger partial charge in [0, 0.05) is 59.9 Å². The van der Waals surface area contributed by atoms with Gasteiger partial charge in [-0.1, -0.05) is 68.2 Å². The number of nitriles is 1. The van der Waals surface area contributed by atoms with Gasteiger partial charge in [0.1, 0.15) is 28.8 Å². The minimum atomic E-state index is -1.77. The fraction of sp³-hybridized carbons (Fsp3) is 0.392. The van der Waals surface area contributed by atoms with Crippen molar-refractivity contribution in [3.63, 3.8) is 0 Å². The summed E-state index contributed by atoms with van der Waals surface area (Å²) in [6.45, 7) is 7.61. The lowest BCUT2D eigenvalue weighted by Crippen LogP contribution is -2.65. The number of anilines is 2. The molecule has 20 heteroatoms. The van der Waals surface area contributed by atoms with Crippen LogP contribution in [0.1, 0.15) is 81.7 Å². The molecule has 0 bridgehead atoms. The molecular weight excluding hydrogens is 964 g/mol. The Morgan fingerprint density at radius 3 is 2.34 bits per heavy atom. The van der Waals surface area contributed by atoms with E-state index in [1.165, 1.54) is 61.7 Å². The highest BCUT2D eigenvalue weighted by Crippen LogP contribution is 2.62. The Labute approximate surface area is 418 Å². The molecule has 0 aliphatic carbocycles. The number of rotatable bonds is 17. The van der Waals surface area contributed by atoms with Crippen LogP contribution in [0.2, 0.25) is 10.0 Å². The quantitative estimate of drug-likeness (QED) is 0.0663. The van der Waals surface area contributed by atoms with Crippen molar-refractivity contribution in [2.24, 2.45) is 11.3 Å². The third-order valence-electron chi connectivity index (χ3n) is 13.7. The van der Waals surface area contributed by atoms with Crippen molar-refractivity contribution in [3.8, 4) is 11.8 Å². The van der Waals surface area contributed by atoms with Crippen molar-refractivity contribution < 1.29 is 51.8 Å². The average Bonchev–Trinajstić information content (AvgIpc) is 3.70. The van der Waals surface area contributed by atoms with Gasteiger partial charge in [0.05, 0.1) is 67.5 Å². The molecule has 4 N–H and O–H groups in total. The third kappa shape index (κ3) is 9.56. The van der Waals surface area contributed by atoms with Crippen LogP contribution in [0.4, 0.5) is 20.2 Å². The molecule has 2 unspecified atom stereocenters. The van der Waals surface area contributed by atoms with Crippen molar-refractivity contribution in [3.05, 3.63) is 122 Å². The van der Waals surface area contributed by atoms with Gasteiger partial charge in [0.2, 0.25) is 17.7 Å². The van der Waals surface area contributed by atoms with Gasteiger partial charge in [-0.3, -0.25) is 43.9 Å². The van der Waals surface area contributed by atoms with Crippen LogP contribution in [0.5, 0.6) is 5.75 Å². The molecule has 4 aliphatic heterocycles. The predicted molar refractivity (Wildman–Crippen MR) is 257 cm³/mol. The summed E-state index contributed by atoms with van der Waals surface area (Å²) >= 11 is 12.5. The molecule has 372 valence electrons. The SMILES string of the molecule is COc1cc(C(=O)NCCOCCOCCNc2cccc3c2C(=O)N(C2CCC(=O)NC2=O)C3=O)ccc1NC(=O)[C@H]1[C@H](c2cccc(Cl)c2F)[C@@](C#N)(c2ccc(Cl)cc2F)[C@@H]2C(C(C)(C)C)CN21. The first-order chi connectivity index (χ1) is 33.9. The molecular formula is C51H51Cl2F2N7O9. The molecule has 0 saturated carbocycles. The van der Waals surface area contributed by atoms with E-state index in [0.29, 0.717) is 12.2 Å². The number of imide groups is 2. The van der Waals surface area contributed by atoms with Crippen LogP contribution in [-0.2, 0) is 29.3 Å². The fourth-order valence-electron chi connectivity index (χ4n) is 10.3. The van der Waals surface area contributed by atoms with Gasteiger partial charge in [-0.2, -0.15) is 5.26 Å². The smallest absolute Gasteiger partial charge is 0.264 e. The van der Waals surface area contributed by atoms with Crippen molar-refractivity contribution >= 4 is 70.0 Å². The molecule has 8 rings (SSSR count). The van der Waals surface area contributed by atoms with E-state index in [2.05, 4.69) is 27.3 Å². The van der Waals surface area contributed by atoms with Crippen LogP contribution in [0.25, 0.3) is 0 Å². The monoisotopic (exact) mass is 1010 g/mol. The maximum absolute atomic E-state index is 16.3. The van der Waals surface area contributed by atoms with Crippen LogP contribution < -0.4 is 26.0 Å². The number of methoxy groups -OCH3 is 1. The number of benzene rings is 4. The Balaban J connectivity index is 0.854. The molecule has 0 radical (unpaired) electrons. The molecule has 3 saturated heterocycles. The van der Waals surface area contributed by atoms with Gasteiger partial charge in [0.15, 0.2) is 0 Å². The Kier molecular flexibility index (Phi) is 14.8. The van der Waals surface area contributed by atoms with E-state index in [1.54, 1.807) is 12.1 Å². The van der Waals surface area contributed by atoms with Gasteiger partial charge in [-0.25, -0.2) is 8.78 Å². The molecule has 71 heavy (non-hydrogen) atoms. The summed E-state index contributed by atoms with van der Waals surface area (Å²) < 4.78 is 49.4. The Morgan fingerprint density at radius 1 is 0.915 bits per heavy atom. The second-order valence-corrected chi connectivity index (χ2v) is 19.6. The van der Waals surface area contributed by atoms with E-state index < -0.39 is 82.0 Å². The van der Waals surface area contributed by atoms with Gasteiger partial charge < -0.3 is 30.2 Å². The Morgan fingerprint density at radius 2 is 1.65 bits per heavy atom. The zero-order valence-corrected chi connectivity index (χ0v) is 40.7. The second kappa shape index (κ2) is 20.7. The van der Waals surface area contributed by atoms with Crippen LogP contribution in [0, 0.1) is 34.3 Å². The summed E-state index contributed by atoms with van der Waals surface area (Å²) in [6.07, 6.45) is 0.0752. The molecule has 4 aliphatic rings. The Bertz CT molecular complexity index is 2860. The van der Waals surface area contributed by atoms with Gasteiger partial charge in [-0.15, -0.1) is 0 Å². The van der Waals surface area contributed by atoms with Gasteiger partial charge >= 0.3 is 0 Å². The third-order valence-corrected chi connectivity index (χ3v) is 14.2. The largest absolute Gasteiger partial charge is 0.495 e. The van der Waals surface area contributed by atoms with E-state index >= 15 is 8.78 Å². The molecule has 4 aromatic rings. The zero-order chi connectivity index (χ0) is 50.9. The van der Waals surface area contributed by atoms with Crippen molar-refractivity contribution in [1.29, 1.82) is 5.26 Å². The molecule has 0 spiro atoms. The molecule has 4 aromatic carbocycles. The second-order valence-electron chi connectivity index (χ2n) is 18.8. The van der Waals surface area contributed by atoms with Gasteiger partial charge in [0.25, 0.3) is 17.7 Å². The first-order valence-electron chi connectivity index (χ1n) is 23.0. The fourth-order valence-corrected chi connectivity index (χ4v) is 10.7. The maximum Gasteiger partial charge on any atom is 0.264 e. The van der Waals surface area contributed by atoms with Crippen molar-refractivity contribution in [1.82, 2.24) is 20.4 Å². The molecule has 0 aromatic heterocycles. The van der Waals surface area contributed by atoms with E-state index in [0.717, 1.165) is 11.0 Å². The number of piperidine rings is 1. The number of halogens is 4. The highest BCUT2D eigenvalue weighted by molar-refractivity contribution is 6.31. The maximum atomic E-state index is 16.3. The first-order valence-corrected chi connectivity index (χ1v) is 23.8.